The van der Waals surface area contributed by atoms with Gasteiger partial charge in [-0.05, 0) is 30.0 Å². The van der Waals surface area contributed by atoms with Gasteiger partial charge in [0.2, 0.25) is 0 Å². The number of H-pyrrole nitrogens is 1. The highest BCUT2D eigenvalue weighted by Crippen LogP contribution is 2.13. The molecule has 1 amide bonds. The summed E-state index contributed by atoms with van der Waals surface area (Å²) in [5.74, 6) is 1.49. The lowest BCUT2D eigenvalue weighted by molar-refractivity contribution is 0.0951. The lowest BCUT2D eigenvalue weighted by atomic mass is 10.1. The number of aromatic nitrogens is 1. The largest absolute Gasteiger partial charge is 0.350 e. The maximum absolute atomic E-state index is 12.2. The summed E-state index contributed by atoms with van der Waals surface area (Å²) in [5, 5.41) is 4.22. The van der Waals surface area contributed by atoms with E-state index < -0.39 is 0 Å². The molecule has 0 fully saturated rings. The summed E-state index contributed by atoms with van der Waals surface area (Å²) in [7, 11) is 0. The Bertz CT molecular complexity index is 932. The van der Waals surface area contributed by atoms with E-state index in [1.165, 1.54) is 11.1 Å². The molecule has 0 unspecified atom stereocenters. The highest BCUT2D eigenvalue weighted by Gasteiger charge is 2.08. The summed E-state index contributed by atoms with van der Waals surface area (Å²) >= 11 is 1.77. The molecule has 2 aromatic carbocycles. The zero-order valence-corrected chi connectivity index (χ0v) is 14.9. The summed E-state index contributed by atoms with van der Waals surface area (Å²) < 4.78 is 0. The number of hydrogen-bond donors (Lipinski definition) is 2. The first-order valence-corrected chi connectivity index (χ1v) is 9.32. The van der Waals surface area contributed by atoms with Gasteiger partial charge in [0.15, 0.2) is 0 Å². The molecule has 0 aliphatic rings. The van der Waals surface area contributed by atoms with Crippen molar-refractivity contribution in [1.82, 2.24) is 10.3 Å². The van der Waals surface area contributed by atoms with Crippen molar-refractivity contribution in [3.05, 3.63) is 81.8 Å². The van der Waals surface area contributed by atoms with Crippen LogP contribution in [-0.4, -0.2) is 23.2 Å². The van der Waals surface area contributed by atoms with Gasteiger partial charge in [0, 0.05) is 23.4 Å². The maximum atomic E-state index is 12.2. The normalized spacial score (nSPS) is 10.8. The maximum Gasteiger partial charge on any atom is 0.267 e. The second-order valence-corrected chi connectivity index (χ2v) is 7.00. The Morgan fingerprint density at radius 2 is 1.88 bits per heavy atom. The van der Waals surface area contributed by atoms with E-state index in [0.717, 1.165) is 16.9 Å². The fraction of sp³-hybridized carbons (Fsp3) is 0.200. The number of rotatable bonds is 6. The van der Waals surface area contributed by atoms with E-state index in [-0.39, 0.29) is 11.5 Å². The number of aromatic amines is 1. The van der Waals surface area contributed by atoms with Crippen LogP contribution in [0.2, 0.25) is 0 Å². The van der Waals surface area contributed by atoms with Gasteiger partial charge in [0.05, 0.1) is 0 Å². The Morgan fingerprint density at radius 1 is 1.12 bits per heavy atom. The van der Waals surface area contributed by atoms with Crippen LogP contribution in [0.25, 0.3) is 10.8 Å². The van der Waals surface area contributed by atoms with Crippen molar-refractivity contribution in [2.24, 2.45) is 0 Å². The molecule has 5 heteroatoms. The first kappa shape index (κ1) is 17.3. The predicted molar refractivity (Wildman–Crippen MR) is 104 cm³/mol. The summed E-state index contributed by atoms with van der Waals surface area (Å²) in [4.78, 5) is 26.9. The first-order chi connectivity index (χ1) is 12.1. The average Bonchev–Trinajstić information content (AvgIpc) is 2.63. The summed E-state index contributed by atoms with van der Waals surface area (Å²) in [5.41, 5.74) is 2.59. The molecule has 4 nitrogen and oxygen atoms in total. The molecule has 0 spiro atoms. The van der Waals surface area contributed by atoms with E-state index >= 15 is 0 Å². The first-order valence-electron chi connectivity index (χ1n) is 8.17. The molecule has 2 N–H and O–H groups in total. The lowest BCUT2D eigenvalue weighted by Crippen LogP contribution is -2.28. The molecule has 0 bridgehead atoms. The van der Waals surface area contributed by atoms with E-state index in [1.807, 2.05) is 18.2 Å². The molecule has 128 valence electrons. The van der Waals surface area contributed by atoms with Crippen molar-refractivity contribution in [3.8, 4) is 0 Å². The van der Waals surface area contributed by atoms with Gasteiger partial charge in [-0.2, -0.15) is 11.8 Å². The van der Waals surface area contributed by atoms with Gasteiger partial charge >= 0.3 is 0 Å². The lowest BCUT2D eigenvalue weighted by Gasteiger charge is -2.06. The number of nitrogens with one attached hydrogen (secondary N) is 2. The van der Waals surface area contributed by atoms with E-state index in [1.54, 1.807) is 23.9 Å². The molecule has 0 aliphatic heterocycles. The number of thioether (sulfide) groups is 1. The second kappa shape index (κ2) is 8.03. The second-order valence-electron chi connectivity index (χ2n) is 5.89. The Kier molecular flexibility index (Phi) is 5.56. The van der Waals surface area contributed by atoms with E-state index in [0.29, 0.717) is 17.6 Å². The molecule has 0 radical (unpaired) electrons. The van der Waals surface area contributed by atoms with E-state index in [4.69, 9.17) is 0 Å². The van der Waals surface area contributed by atoms with Crippen molar-refractivity contribution in [2.75, 3.05) is 12.3 Å². The van der Waals surface area contributed by atoms with Crippen molar-refractivity contribution in [3.63, 3.8) is 0 Å². The number of aryl methyl sites for hydroxylation is 1. The fourth-order valence-corrected chi connectivity index (χ4v) is 3.36. The zero-order valence-electron chi connectivity index (χ0n) is 14.0. The van der Waals surface area contributed by atoms with Crippen molar-refractivity contribution >= 4 is 28.4 Å². The van der Waals surface area contributed by atoms with Gasteiger partial charge in [-0.15, -0.1) is 0 Å². The minimum absolute atomic E-state index is 0.239. The quantitative estimate of drug-likeness (QED) is 0.668. The molecular formula is C20H20N2O2S. The molecule has 1 heterocycles. The Morgan fingerprint density at radius 3 is 2.68 bits per heavy atom. The van der Waals surface area contributed by atoms with Crippen LogP contribution in [0, 0.1) is 6.92 Å². The number of benzene rings is 2. The Labute approximate surface area is 150 Å². The van der Waals surface area contributed by atoms with Gasteiger partial charge in [0.25, 0.3) is 11.5 Å². The third-order valence-corrected chi connectivity index (χ3v) is 4.95. The van der Waals surface area contributed by atoms with Crippen LogP contribution in [0.15, 0.2) is 59.4 Å². The minimum Gasteiger partial charge on any atom is -0.350 e. The van der Waals surface area contributed by atoms with Gasteiger partial charge < -0.3 is 10.3 Å². The van der Waals surface area contributed by atoms with Gasteiger partial charge in [-0.1, -0.05) is 48.0 Å². The highest BCUT2D eigenvalue weighted by atomic mass is 32.2. The molecule has 1 aromatic heterocycles. The SMILES string of the molecule is Cc1ccc(CSCCNC(=O)c2cc3ccccc3c(=O)[nH]2)cc1. The molecule has 3 aromatic rings. The van der Waals surface area contributed by atoms with Crippen LogP contribution in [0.4, 0.5) is 0 Å². The molecule has 0 saturated carbocycles. The van der Waals surface area contributed by atoms with Crippen LogP contribution >= 0.6 is 11.8 Å². The Balaban J connectivity index is 1.51. The summed E-state index contributed by atoms with van der Waals surface area (Å²) in [6.07, 6.45) is 0. The smallest absolute Gasteiger partial charge is 0.267 e. The van der Waals surface area contributed by atoms with Gasteiger partial charge in [0.1, 0.15) is 5.69 Å². The van der Waals surface area contributed by atoms with Crippen LogP contribution < -0.4 is 10.9 Å². The number of amides is 1. The molecule has 25 heavy (non-hydrogen) atoms. The summed E-state index contributed by atoms with van der Waals surface area (Å²) in [6, 6.07) is 17.4. The average molecular weight is 352 g/mol. The zero-order chi connectivity index (χ0) is 17.6. The number of hydrogen-bond acceptors (Lipinski definition) is 3. The third-order valence-electron chi connectivity index (χ3n) is 3.92. The Hall–Kier alpha value is -2.53. The van der Waals surface area contributed by atoms with Gasteiger partial charge in [-0.3, -0.25) is 9.59 Å². The fourth-order valence-electron chi connectivity index (χ4n) is 2.54. The van der Waals surface area contributed by atoms with Crippen molar-refractivity contribution in [1.29, 1.82) is 0 Å². The molecule has 0 saturated heterocycles. The van der Waals surface area contributed by atoms with Crippen LogP contribution in [0.5, 0.6) is 0 Å². The minimum atomic E-state index is -0.251. The standard InChI is InChI=1S/C20H20N2O2S/c1-14-6-8-15(9-7-14)13-25-11-10-21-20(24)18-12-16-4-2-3-5-17(16)19(23)22-18/h2-9,12H,10-11,13H2,1H3,(H,21,24)(H,22,23). The molecule has 3 rings (SSSR count). The number of pyridine rings is 1. The van der Waals surface area contributed by atoms with E-state index in [2.05, 4.69) is 41.5 Å². The van der Waals surface area contributed by atoms with E-state index in [9.17, 15) is 9.59 Å². The molecule has 0 atom stereocenters. The van der Waals surface area contributed by atoms with Crippen LogP contribution in [-0.2, 0) is 5.75 Å². The third kappa shape index (κ3) is 4.51. The molecule has 0 aliphatic carbocycles. The predicted octanol–water partition coefficient (Wildman–Crippen LogP) is 3.50. The van der Waals surface area contributed by atoms with Crippen molar-refractivity contribution < 1.29 is 4.79 Å². The topological polar surface area (TPSA) is 62.0 Å². The van der Waals surface area contributed by atoms with Crippen molar-refractivity contribution in [2.45, 2.75) is 12.7 Å². The van der Waals surface area contributed by atoms with Crippen LogP contribution in [0.3, 0.4) is 0 Å². The number of carbonyl (C=O) groups excluding carboxylic acids is 1. The van der Waals surface area contributed by atoms with Crippen LogP contribution in [0.1, 0.15) is 21.6 Å². The number of fused-ring (bicyclic) bond motifs is 1. The molecular weight excluding hydrogens is 332 g/mol. The monoisotopic (exact) mass is 352 g/mol. The summed E-state index contributed by atoms with van der Waals surface area (Å²) in [6.45, 7) is 2.63. The number of carbonyl (C=O) groups is 1. The highest BCUT2D eigenvalue weighted by molar-refractivity contribution is 7.98. The van der Waals surface area contributed by atoms with Gasteiger partial charge in [-0.25, -0.2) is 0 Å².